The zero-order chi connectivity index (χ0) is 22.4. The van der Waals surface area contributed by atoms with Gasteiger partial charge in [0, 0.05) is 35.4 Å². The van der Waals surface area contributed by atoms with Crippen molar-refractivity contribution >= 4 is 5.97 Å². The average molecular weight is 520 g/mol. The molecular weight excluding hydrogens is 490 g/mol. The lowest BCUT2D eigenvalue weighted by Crippen LogP contribution is -3.00. The predicted octanol–water partition coefficient (Wildman–Crippen LogP) is 2.84. The number of esters is 1. The van der Waals surface area contributed by atoms with E-state index in [4.69, 9.17) is 9.47 Å². The monoisotopic (exact) mass is 519 g/mol. The summed E-state index contributed by atoms with van der Waals surface area (Å²) in [7, 11) is 0. The van der Waals surface area contributed by atoms with E-state index in [1.807, 2.05) is 48.5 Å². The second-order valence-electron chi connectivity index (χ2n) is 9.86. The maximum absolute atomic E-state index is 13.7. The molecule has 7 rings (SSSR count). The molecule has 2 atom stereocenters. The summed E-state index contributed by atoms with van der Waals surface area (Å²) in [4.78, 5) is 13.7. The molecule has 0 saturated carbocycles. The molecule has 176 valence electrons. The molecular formula is C29H30BrNO3. The fourth-order valence-corrected chi connectivity index (χ4v) is 6.27. The summed E-state index contributed by atoms with van der Waals surface area (Å²) in [5, 5.41) is 0. The quantitative estimate of drug-likeness (QED) is 0.392. The first kappa shape index (κ1) is 23.1. The van der Waals surface area contributed by atoms with Gasteiger partial charge in [-0.15, -0.1) is 0 Å². The number of para-hydroxylation sites is 2. The highest BCUT2D eigenvalue weighted by molar-refractivity contribution is 5.85. The van der Waals surface area contributed by atoms with Crippen molar-refractivity contribution in [2.45, 2.75) is 37.8 Å². The Hall–Kier alpha value is -2.63. The van der Waals surface area contributed by atoms with Gasteiger partial charge in [0.2, 0.25) is 0 Å². The Balaban J connectivity index is 0.00000241. The van der Waals surface area contributed by atoms with Gasteiger partial charge in [0.15, 0.2) is 6.10 Å². The van der Waals surface area contributed by atoms with Gasteiger partial charge in [0.25, 0.3) is 0 Å². The lowest BCUT2D eigenvalue weighted by molar-refractivity contribution is -0.972. The van der Waals surface area contributed by atoms with Crippen LogP contribution in [0, 0.1) is 5.92 Å². The molecule has 3 aromatic rings. The number of ether oxygens (including phenoxy) is 2. The second-order valence-corrected chi connectivity index (χ2v) is 9.86. The van der Waals surface area contributed by atoms with Crippen LogP contribution in [0.15, 0.2) is 78.9 Å². The number of benzene rings is 3. The number of halogens is 1. The molecule has 2 bridgehead atoms. The minimum Gasteiger partial charge on any atom is -1.00 e. The molecule has 4 aliphatic heterocycles. The third-order valence-electron chi connectivity index (χ3n) is 8.25. The third kappa shape index (κ3) is 3.85. The van der Waals surface area contributed by atoms with Crippen LogP contribution in [0.3, 0.4) is 0 Å². The lowest BCUT2D eigenvalue weighted by Gasteiger charge is -2.55. The molecule has 3 aromatic carbocycles. The van der Waals surface area contributed by atoms with Crippen molar-refractivity contribution in [1.29, 1.82) is 0 Å². The highest BCUT2D eigenvalue weighted by atomic mass is 79.9. The molecule has 34 heavy (non-hydrogen) atoms. The van der Waals surface area contributed by atoms with Crippen LogP contribution in [0.1, 0.15) is 48.4 Å². The van der Waals surface area contributed by atoms with Gasteiger partial charge in [-0.2, -0.15) is 0 Å². The topological polar surface area (TPSA) is 35.5 Å². The molecule has 3 fully saturated rings. The molecule has 4 nitrogen and oxygen atoms in total. The van der Waals surface area contributed by atoms with Crippen LogP contribution in [0.4, 0.5) is 0 Å². The van der Waals surface area contributed by atoms with Crippen LogP contribution >= 0.6 is 0 Å². The van der Waals surface area contributed by atoms with E-state index in [-0.39, 0.29) is 29.1 Å². The molecule has 0 radical (unpaired) electrons. The van der Waals surface area contributed by atoms with E-state index in [9.17, 15) is 4.79 Å². The number of fused-ring (bicyclic) bond motifs is 5. The SMILES string of the molecule is CC(c1ccccc1)[N+]12CCC(CC1)[C@@H](OC(=O)C1c3ccccc3Oc3ccccc31)C2.[Br-]. The van der Waals surface area contributed by atoms with E-state index in [0.29, 0.717) is 12.0 Å². The zero-order valence-corrected chi connectivity index (χ0v) is 21.0. The van der Waals surface area contributed by atoms with Crippen molar-refractivity contribution in [3.63, 3.8) is 0 Å². The second kappa shape index (κ2) is 9.20. The van der Waals surface area contributed by atoms with Gasteiger partial charge in [0.05, 0.1) is 13.1 Å². The Kier molecular flexibility index (Phi) is 6.26. The van der Waals surface area contributed by atoms with E-state index in [2.05, 4.69) is 37.3 Å². The normalized spacial score (nSPS) is 25.8. The van der Waals surface area contributed by atoms with Gasteiger partial charge in [-0.1, -0.05) is 66.7 Å². The summed E-state index contributed by atoms with van der Waals surface area (Å²) in [6, 6.07) is 26.8. The first-order valence-corrected chi connectivity index (χ1v) is 12.1. The molecule has 0 spiro atoms. The minimum absolute atomic E-state index is 0. The number of hydrogen-bond donors (Lipinski definition) is 0. The van der Waals surface area contributed by atoms with Crippen molar-refractivity contribution in [2.75, 3.05) is 19.6 Å². The minimum atomic E-state index is -0.443. The Bertz CT molecular complexity index is 1130. The number of piperidine rings is 3. The number of carbonyl (C=O) groups is 1. The van der Waals surface area contributed by atoms with Crippen LogP contribution in [-0.4, -0.2) is 36.2 Å². The van der Waals surface area contributed by atoms with Crippen LogP contribution in [-0.2, 0) is 9.53 Å². The van der Waals surface area contributed by atoms with Crippen LogP contribution in [0.5, 0.6) is 11.5 Å². The summed E-state index contributed by atoms with van der Waals surface area (Å²) >= 11 is 0. The maximum atomic E-state index is 13.7. The first-order chi connectivity index (χ1) is 16.1. The highest BCUT2D eigenvalue weighted by Gasteiger charge is 2.51. The van der Waals surface area contributed by atoms with E-state index < -0.39 is 5.92 Å². The molecule has 0 N–H and O–H groups in total. The third-order valence-corrected chi connectivity index (χ3v) is 8.25. The van der Waals surface area contributed by atoms with Crippen molar-refractivity contribution in [3.8, 4) is 11.5 Å². The van der Waals surface area contributed by atoms with Gasteiger partial charge in [-0.3, -0.25) is 4.79 Å². The summed E-state index contributed by atoms with van der Waals surface area (Å²) in [5.41, 5.74) is 3.16. The Labute approximate surface area is 211 Å². The summed E-state index contributed by atoms with van der Waals surface area (Å²) in [6.07, 6.45) is 2.21. The summed E-state index contributed by atoms with van der Waals surface area (Å²) < 4.78 is 13.5. The molecule has 4 aliphatic rings. The van der Waals surface area contributed by atoms with Gasteiger partial charge < -0.3 is 30.9 Å². The number of quaternary nitrogens is 1. The smallest absolute Gasteiger partial charge is 0.318 e. The Morgan fingerprint density at radius 1 is 0.882 bits per heavy atom. The van der Waals surface area contributed by atoms with Crippen LogP contribution < -0.4 is 21.7 Å². The number of carbonyl (C=O) groups excluding carboxylic acids is 1. The van der Waals surface area contributed by atoms with Gasteiger partial charge in [-0.25, -0.2) is 0 Å². The van der Waals surface area contributed by atoms with Crippen molar-refractivity contribution in [2.24, 2.45) is 5.92 Å². The van der Waals surface area contributed by atoms with Gasteiger partial charge >= 0.3 is 5.97 Å². The summed E-state index contributed by atoms with van der Waals surface area (Å²) in [5.74, 6) is 1.35. The van der Waals surface area contributed by atoms with E-state index in [1.165, 1.54) is 5.56 Å². The highest BCUT2D eigenvalue weighted by Crippen LogP contribution is 2.46. The largest absolute Gasteiger partial charge is 1.00 e. The van der Waals surface area contributed by atoms with Gasteiger partial charge in [0.1, 0.15) is 30.0 Å². The van der Waals surface area contributed by atoms with E-state index in [1.54, 1.807) is 0 Å². The Morgan fingerprint density at radius 2 is 1.44 bits per heavy atom. The maximum Gasteiger partial charge on any atom is 0.318 e. The molecule has 5 heteroatoms. The van der Waals surface area contributed by atoms with Crippen molar-refractivity contribution in [3.05, 3.63) is 95.6 Å². The molecule has 1 unspecified atom stereocenters. The Morgan fingerprint density at radius 3 is 2.06 bits per heavy atom. The molecule has 3 saturated heterocycles. The number of hydrogen-bond acceptors (Lipinski definition) is 3. The fraction of sp³-hybridized carbons (Fsp3) is 0.345. The fourth-order valence-electron chi connectivity index (χ4n) is 6.27. The number of nitrogens with zero attached hydrogens (tertiary/aromatic N) is 1. The average Bonchev–Trinajstić information content (AvgIpc) is 2.88. The van der Waals surface area contributed by atoms with Crippen LogP contribution in [0.25, 0.3) is 0 Å². The first-order valence-electron chi connectivity index (χ1n) is 12.1. The summed E-state index contributed by atoms with van der Waals surface area (Å²) in [6.45, 7) is 5.57. The van der Waals surface area contributed by atoms with Crippen LogP contribution in [0.2, 0.25) is 0 Å². The lowest BCUT2D eigenvalue weighted by atomic mass is 9.81. The number of rotatable bonds is 4. The van der Waals surface area contributed by atoms with E-state index >= 15 is 0 Å². The van der Waals surface area contributed by atoms with Crippen molar-refractivity contribution < 1.29 is 35.7 Å². The van der Waals surface area contributed by atoms with E-state index in [0.717, 1.165) is 59.6 Å². The van der Waals surface area contributed by atoms with Crippen molar-refractivity contribution in [1.82, 2.24) is 0 Å². The molecule has 0 aromatic heterocycles. The molecule has 4 heterocycles. The molecule has 0 amide bonds. The molecule has 0 aliphatic carbocycles. The predicted molar refractivity (Wildman–Crippen MR) is 127 cm³/mol. The standard InChI is InChI=1S/C29H30NO3.BrH/c1-20(21-9-3-2-4-10-21)30-17-15-22(16-18-30)27(19-30)33-29(31)28-23-11-5-7-13-25(23)32-26-14-8-6-12-24(26)28;/h2-14,20,22,27-28H,15-19H2,1H3;1H/q+1;/p-1/t20?,22?,27-,30?;/m0./s1. The van der Waals surface area contributed by atoms with Gasteiger partial charge in [-0.05, 0) is 19.1 Å². The zero-order valence-electron chi connectivity index (χ0n) is 19.4.